The molecule has 0 aliphatic carbocycles. The van der Waals surface area contributed by atoms with Crippen LogP contribution in [0.4, 0.5) is 0 Å². The van der Waals surface area contributed by atoms with Crippen molar-refractivity contribution < 1.29 is 4.74 Å². The first-order chi connectivity index (χ1) is 11.7. The van der Waals surface area contributed by atoms with E-state index in [1.54, 1.807) is 14.2 Å². The van der Waals surface area contributed by atoms with Crippen molar-refractivity contribution in [3.05, 3.63) is 65.7 Å². The molecule has 2 rings (SSSR count). The van der Waals surface area contributed by atoms with E-state index in [4.69, 9.17) is 4.74 Å². The molecule has 24 heavy (non-hydrogen) atoms. The van der Waals surface area contributed by atoms with E-state index in [0.29, 0.717) is 5.92 Å². The third kappa shape index (κ3) is 5.61. The van der Waals surface area contributed by atoms with Crippen LogP contribution in [0.1, 0.15) is 24.0 Å². The van der Waals surface area contributed by atoms with Gasteiger partial charge >= 0.3 is 0 Å². The van der Waals surface area contributed by atoms with Crippen molar-refractivity contribution >= 4 is 5.96 Å². The van der Waals surface area contributed by atoms with Crippen LogP contribution < -0.4 is 15.4 Å². The van der Waals surface area contributed by atoms with Gasteiger partial charge in [0.15, 0.2) is 5.96 Å². The molecular weight excluding hydrogens is 298 g/mol. The van der Waals surface area contributed by atoms with Crippen LogP contribution >= 0.6 is 0 Å². The van der Waals surface area contributed by atoms with Crippen LogP contribution in [0.5, 0.6) is 5.75 Å². The van der Waals surface area contributed by atoms with Crippen LogP contribution in [0.15, 0.2) is 59.6 Å². The molecule has 0 saturated carbocycles. The van der Waals surface area contributed by atoms with Crippen LogP contribution in [-0.4, -0.2) is 33.2 Å². The number of hydrogen-bond acceptors (Lipinski definition) is 2. The van der Waals surface area contributed by atoms with Crippen LogP contribution in [-0.2, 0) is 6.42 Å². The molecule has 0 aromatic heterocycles. The van der Waals surface area contributed by atoms with E-state index in [0.717, 1.165) is 31.2 Å². The van der Waals surface area contributed by atoms with E-state index in [2.05, 4.69) is 58.9 Å². The van der Waals surface area contributed by atoms with Gasteiger partial charge in [0.05, 0.1) is 7.11 Å². The maximum absolute atomic E-state index is 5.25. The number of aliphatic imine (C=N–C) groups is 1. The number of rotatable bonds is 7. The third-order valence-corrected chi connectivity index (χ3v) is 4.01. The first kappa shape index (κ1) is 17.9. The Morgan fingerprint density at radius 2 is 1.88 bits per heavy atom. The minimum atomic E-state index is 0.433. The van der Waals surface area contributed by atoms with Gasteiger partial charge < -0.3 is 15.4 Å². The maximum atomic E-state index is 5.25. The Hall–Kier alpha value is -2.49. The van der Waals surface area contributed by atoms with Gasteiger partial charge in [0.2, 0.25) is 0 Å². The van der Waals surface area contributed by atoms with Gasteiger partial charge in [0, 0.05) is 20.1 Å². The molecule has 0 amide bonds. The lowest BCUT2D eigenvalue weighted by atomic mass is 10.0. The lowest BCUT2D eigenvalue weighted by molar-refractivity contribution is 0.414. The number of benzene rings is 2. The molecule has 2 aromatic carbocycles. The fraction of sp³-hybridized carbons (Fsp3) is 0.350. The smallest absolute Gasteiger partial charge is 0.191 e. The van der Waals surface area contributed by atoms with Gasteiger partial charge in [-0.3, -0.25) is 4.99 Å². The van der Waals surface area contributed by atoms with E-state index in [1.807, 2.05) is 18.2 Å². The summed E-state index contributed by atoms with van der Waals surface area (Å²) in [6.07, 6.45) is 0.923. The Labute approximate surface area is 145 Å². The molecule has 0 aliphatic heterocycles. The summed E-state index contributed by atoms with van der Waals surface area (Å²) in [5.74, 6) is 2.16. The number of hydrogen-bond donors (Lipinski definition) is 2. The van der Waals surface area contributed by atoms with Crippen LogP contribution in [0.3, 0.4) is 0 Å². The summed E-state index contributed by atoms with van der Waals surface area (Å²) in [5.41, 5.74) is 2.58. The lowest BCUT2D eigenvalue weighted by Gasteiger charge is -2.16. The number of ether oxygens (including phenoxy) is 1. The van der Waals surface area contributed by atoms with Crippen molar-refractivity contribution in [2.24, 2.45) is 4.99 Å². The van der Waals surface area contributed by atoms with Crippen LogP contribution in [0, 0.1) is 0 Å². The summed E-state index contributed by atoms with van der Waals surface area (Å²) in [4.78, 5) is 4.29. The molecule has 2 N–H and O–H groups in total. The molecule has 0 fully saturated rings. The highest BCUT2D eigenvalue weighted by Crippen LogP contribution is 2.13. The molecule has 0 bridgehead atoms. The number of methoxy groups -OCH3 is 1. The Bertz CT molecular complexity index is 640. The van der Waals surface area contributed by atoms with Gasteiger partial charge in [-0.25, -0.2) is 0 Å². The molecule has 128 valence electrons. The normalized spacial score (nSPS) is 12.5. The van der Waals surface area contributed by atoms with Crippen molar-refractivity contribution in [3.8, 4) is 5.75 Å². The van der Waals surface area contributed by atoms with Crippen LogP contribution in [0.2, 0.25) is 0 Å². The predicted molar refractivity (Wildman–Crippen MR) is 101 cm³/mol. The minimum absolute atomic E-state index is 0.433. The zero-order valence-electron chi connectivity index (χ0n) is 14.8. The summed E-state index contributed by atoms with van der Waals surface area (Å²) < 4.78 is 5.25. The molecule has 1 atom stereocenters. The number of nitrogens with one attached hydrogen (secondary N) is 2. The highest BCUT2D eigenvalue weighted by Gasteiger charge is 2.06. The topological polar surface area (TPSA) is 45.7 Å². The molecule has 0 saturated heterocycles. The third-order valence-electron chi connectivity index (χ3n) is 4.01. The average Bonchev–Trinajstić information content (AvgIpc) is 2.65. The molecule has 0 radical (unpaired) electrons. The molecular formula is C20H27N3O. The summed E-state index contributed by atoms with van der Waals surface area (Å²) in [5, 5.41) is 6.75. The molecule has 0 spiro atoms. The van der Waals surface area contributed by atoms with E-state index in [1.165, 1.54) is 11.1 Å². The Balaban J connectivity index is 1.76. The van der Waals surface area contributed by atoms with Crippen LogP contribution in [0.25, 0.3) is 0 Å². The lowest BCUT2D eigenvalue weighted by Crippen LogP contribution is -2.39. The van der Waals surface area contributed by atoms with Crippen molar-refractivity contribution in [1.29, 1.82) is 0 Å². The quantitative estimate of drug-likeness (QED) is 0.607. The first-order valence-electron chi connectivity index (χ1n) is 8.35. The maximum Gasteiger partial charge on any atom is 0.191 e. The summed E-state index contributed by atoms with van der Waals surface area (Å²) in [6.45, 7) is 3.89. The molecule has 4 heteroatoms. The molecule has 0 aliphatic rings. The molecule has 4 nitrogen and oxygen atoms in total. The summed E-state index contributed by atoms with van der Waals surface area (Å²) in [6, 6.07) is 18.7. The largest absolute Gasteiger partial charge is 0.497 e. The zero-order chi connectivity index (χ0) is 17.2. The first-order valence-corrected chi connectivity index (χ1v) is 8.35. The standard InChI is InChI=1S/C20H27N3O/c1-16(18-9-5-4-6-10-18)15-23-20(21-2)22-13-12-17-8-7-11-19(14-17)24-3/h4-11,14,16H,12-13,15H2,1-3H3,(H2,21,22,23). The van der Waals surface area contributed by atoms with Gasteiger partial charge in [0.25, 0.3) is 0 Å². The van der Waals surface area contributed by atoms with E-state index >= 15 is 0 Å². The molecule has 1 unspecified atom stereocenters. The second kappa shape index (κ2) is 9.60. The zero-order valence-corrected chi connectivity index (χ0v) is 14.8. The molecule has 2 aromatic rings. The number of nitrogens with zero attached hydrogens (tertiary/aromatic N) is 1. The van der Waals surface area contributed by atoms with E-state index < -0.39 is 0 Å². The predicted octanol–water partition coefficient (Wildman–Crippen LogP) is 3.21. The number of guanidine groups is 1. The second-order valence-electron chi connectivity index (χ2n) is 5.79. The second-order valence-corrected chi connectivity index (χ2v) is 5.79. The average molecular weight is 325 g/mol. The monoisotopic (exact) mass is 325 g/mol. The minimum Gasteiger partial charge on any atom is -0.497 e. The summed E-state index contributed by atoms with van der Waals surface area (Å²) in [7, 11) is 3.49. The Morgan fingerprint density at radius 1 is 1.08 bits per heavy atom. The van der Waals surface area contributed by atoms with Gasteiger partial charge in [-0.2, -0.15) is 0 Å². The molecule has 0 heterocycles. The van der Waals surface area contributed by atoms with E-state index in [-0.39, 0.29) is 0 Å². The van der Waals surface area contributed by atoms with Crippen molar-refractivity contribution in [2.75, 3.05) is 27.2 Å². The fourth-order valence-corrected chi connectivity index (χ4v) is 2.52. The van der Waals surface area contributed by atoms with Crippen molar-refractivity contribution in [3.63, 3.8) is 0 Å². The highest BCUT2D eigenvalue weighted by molar-refractivity contribution is 5.79. The fourth-order valence-electron chi connectivity index (χ4n) is 2.52. The highest BCUT2D eigenvalue weighted by atomic mass is 16.5. The van der Waals surface area contributed by atoms with Crippen molar-refractivity contribution in [2.45, 2.75) is 19.3 Å². The van der Waals surface area contributed by atoms with Gasteiger partial charge in [-0.1, -0.05) is 49.4 Å². The van der Waals surface area contributed by atoms with Gasteiger partial charge in [-0.15, -0.1) is 0 Å². The van der Waals surface area contributed by atoms with Gasteiger partial charge in [0.1, 0.15) is 5.75 Å². The van der Waals surface area contributed by atoms with E-state index in [9.17, 15) is 0 Å². The Morgan fingerprint density at radius 3 is 2.58 bits per heavy atom. The summed E-state index contributed by atoms with van der Waals surface area (Å²) >= 11 is 0. The van der Waals surface area contributed by atoms with Crippen molar-refractivity contribution in [1.82, 2.24) is 10.6 Å². The Kier molecular flexibility index (Phi) is 7.15. The van der Waals surface area contributed by atoms with Gasteiger partial charge in [-0.05, 0) is 35.6 Å². The SMILES string of the molecule is CN=C(NCCc1cccc(OC)c1)NCC(C)c1ccccc1.